The summed E-state index contributed by atoms with van der Waals surface area (Å²) >= 11 is 0. The van der Waals surface area contributed by atoms with Crippen LogP contribution in [-0.2, 0) is 80.8 Å². The molecule has 7 heterocycles. The molecule has 0 saturated carbocycles. The van der Waals surface area contributed by atoms with E-state index < -0.39 is 290 Å². The summed E-state index contributed by atoms with van der Waals surface area (Å²) in [7, 11) is 0. The van der Waals surface area contributed by atoms with Gasteiger partial charge in [-0.15, -0.1) is 0 Å². The summed E-state index contributed by atoms with van der Waals surface area (Å²) < 4.78 is 75.3. The van der Waals surface area contributed by atoms with Crippen molar-refractivity contribution in [2.45, 2.75) is 254 Å². The molecular weight excluding hydrogens is 1260 g/mol. The third kappa shape index (κ3) is 16.6. The molecule has 0 aromatic rings. The number of aliphatic hydroxyl groups excluding tert-OH is 20. The summed E-state index contributed by atoms with van der Waals surface area (Å²) in [6, 6.07) is -5.44. The normalized spacial score (nSPS) is 47.6. The summed E-state index contributed by atoms with van der Waals surface area (Å²) in [6.07, 6.45) is -65.3. The van der Waals surface area contributed by atoms with Crippen molar-refractivity contribution in [2.75, 3.05) is 39.6 Å². The molecule has 0 aromatic heterocycles. The fourth-order valence-corrected chi connectivity index (χ4v) is 11.6. The molecule has 7 aliphatic rings. The van der Waals surface area contributed by atoms with Crippen molar-refractivity contribution >= 4 is 23.7 Å². The van der Waals surface area contributed by atoms with Gasteiger partial charge in [-0.05, 0) is 6.92 Å². The van der Waals surface area contributed by atoms with Crippen LogP contribution in [0.1, 0.15) is 34.1 Å². The summed E-state index contributed by atoms with van der Waals surface area (Å²) in [5.41, 5.74) is 0. The summed E-state index contributed by atoms with van der Waals surface area (Å²) in [4.78, 5) is 50.7. The van der Waals surface area contributed by atoms with Crippen molar-refractivity contribution in [1.29, 1.82) is 0 Å². The van der Waals surface area contributed by atoms with Gasteiger partial charge in [-0.1, -0.05) is 0 Å². The lowest BCUT2D eigenvalue weighted by molar-refractivity contribution is -0.397. The fraction of sp³-hybridized carbons (Fsp3) is 0.922. The Morgan fingerprint density at radius 1 is 0.467 bits per heavy atom. The molecule has 532 valence electrons. The smallest absolute Gasteiger partial charge is 0.364 e. The molecule has 92 heavy (non-hydrogen) atoms. The van der Waals surface area contributed by atoms with E-state index in [0.717, 1.165) is 20.8 Å². The Kier molecular flexibility index (Phi) is 26.6. The zero-order valence-corrected chi connectivity index (χ0v) is 49.5. The zero-order chi connectivity index (χ0) is 68.3. The first-order chi connectivity index (χ1) is 43.2. The van der Waals surface area contributed by atoms with Gasteiger partial charge in [0.05, 0.1) is 57.9 Å². The topological polar surface area (TPSA) is 649 Å². The molecule has 41 nitrogen and oxygen atoms in total. The molecule has 7 fully saturated rings. The maximum absolute atomic E-state index is 13.0. The van der Waals surface area contributed by atoms with Crippen molar-refractivity contribution < 1.29 is 188 Å². The number of ether oxygens (including phenoxy) is 13. The maximum Gasteiger partial charge on any atom is 0.364 e. The van der Waals surface area contributed by atoms with Crippen LogP contribution < -0.4 is 16.0 Å². The molecule has 7 saturated heterocycles. The lowest BCUT2D eigenvalue weighted by Gasteiger charge is -2.51. The van der Waals surface area contributed by atoms with Gasteiger partial charge in [-0.25, -0.2) is 4.79 Å². The monoisotopic (exact) mass is 1350 g/mol. The van der Waals surface area contributed by atoms with E-state index in [2.05, 4.69) is 16.0 Å². The van der Waals surface area contributed by atoms with Crippen LogP contribution in [0.25, 0.3) is 0 Å². The Morgan fingerprint density at radius 3 is 1.49 bits per heavy atom. The van der Waals surface area contributed by atoms with Crippen molar-refractivity contribution in [1.82, 2.24) is 16.0 Å². The highest BCUT2D eigenvalue weighted by atomic mass is 16.8. The minimum atomic E-state index is -3.06. The quantitative estimate of drug-likeness (QED) is 0.0427. The lowest BCUT2D eigenvalue weighted by atomic mass is 9.88. The standard InChI is InChI=1S/C51H85N3O38/c1-12-26(64)32(70)36(74)47(82-12)91-43-38(76)40(88-45-24(53-14(3)60)31(69)39(19(8-57)85-45)89-48-37(75)34(72)29(67)21(87-48)10-80-46-35(73)33(71)28(66)18(7-56)84-46)20(9-58)86-49(43)90-41-25(54-15(4)61)44(77)83-22(30(41)68)11-81-51(50(78)79)5-16(62)23(52-13(2)59)42(92-51)27(65)17(63)6-55/h12,16-49,55-58,62-77H,5-11H2,1-4H3,(H,52,59)(H,53,60)(H,54,61)(H,78,79)/t12-,16-,17+,18+,19+,20+,21+,22+,23+,24+,25+,26+,27+,28+,29+,30-,31+,32+,33-,34-,35-,36-,37+,38-,39+,40-,41+,42+,43+,44?,45-,46-,47-,48+,49?,51+/m0/s1. The molecule has 7 aliphatic heterocycles. The number of hydrogen-bond acceptors (Lipinski definition) is 37. The van der Waals surface area contributed by atoms with E-state index in [9.17, 15) is 126 Å². The number of hydrogen-bond donors (Lipinski definition) is 24. The molecule has 41 heteroatoms. The minimum absolute atomic E-state index is 0.818. The van der Waals surface area contributed by atoms with E-state index in [1.807, 2.05) is 0 Å². The van der Waals surface area contributed by atoms with Gasteiger partial charge in [0.15, 0.2) is 37.7 Å². The van der Waals surface area contributed by atoms with Gasteiger partial charge < -0.3 is 185 Å². The first kappa shape index (κ1) is 75.9. The predicted molar refractivity (Wildman–Crippen MR) is 282 cm³/mol. The predicted octanol–water partition coefficient (Wildman–Crippen LogP) is -15.6. The van der Waals surface area contributed by atoms with Crippen LogP contribution in [0.2, 0.25) is 0 Å². The Hall–Kier alpha value is -3.44. The average Bonchev–Trinajstić information content (AvgIpc) is 0.780. The number of carbonyl (C=O) groups is 4. The molecule has 0 aliphatic carbocycles. The second kappa shape index (κ2) is 32.3. The van der Waals surface area contributed by atoms with Crippen molar-refractivity contribution in [2.24, 2.45) is 0 Å². The number of carboxylic acids is 1. The SMILES string of the molecule is CC(=O)N[C@H]1[C@H](O[C@@H]2[C@H](O)[C@@H](O[C@@H]3O[C@@H](C)[C@@H](O)[C@@H](O)[C@@H]3O)C(O[C@H]3[C@@H](O)[C@@H](CO[C@]4(C(=O)O)C[C@H](O)[C@@H](NC(C)=O)[C@H]([C@H](O)[C@H](O)CO)O4)OC(O)[C@@H]3NC(C)=O)O[C@@H]2CO)O[C@H](CO)[C@@H](O[C@H]2O[C@H](CO[C@H]3O[C@H](CO)[C@@H](O)[C@H](O)[C@@H]3O)[C@@H](O)[C@H](O)[C@H]2O)[C@@H]1O. The third-order valence-electron chi connectivity index (χ3n) is 16.7. The van der Waals surface area contributed by atoms with Gasteiger partial charge in [-0.3, -0.25) is 14.4 Å². The van der Waals surface area contributed by atoms with Gasteiger partial charge in [0.25, 0.3) is 5.79 Å². The van der Waals surface area contributed by atoms with Crippen molar-refractivity contribution in [3.63, 3.8) is 0 Å². The second-order valence-electron chi connectivity index (χ2n) is 23.3. The molecule has 24 N–H and O–H groups in total. The lowest BCUT2D eigenvalue weighted by Crippen LogP contribution is -2.71. The van der Waals surface area contributed by atoms with Gasteiger partial charge in [-0.2, -0.15) is 0 Å². The van der Waals surface area contributed by atoms with Crippen LogP contribution in [0.3, 0.4) is 0 Å². The molecule has 2 unspecified atom stereocenters. The number of carbonyl (C=O) groups excluding carboxylic acids is 3. The number of rotatable bonds is 24. The molecule has 0 aromatic carbocycles. The van der Waals surface area contributed by atoms with Crippen LogP contribution in [0, 0.1) is 0 Å². The van der Waals surface area contributed by atoms with E-state index in [-0.39, 0.29) is 0 Å². The highest BCUT2D eigenvalue weighted by Crippen LogP contribution is 2.39. The number of nitrogens with one attached hydrogen (secondary N) is 3. The Labute approximate surface area is 520 Å². The summed E-state index contributed by atoms with van der Waals surface area (Å²) in [6.45, 7) is -2.19. The first-order valence-electron chi connectivity index (χ1n) is 29.1. The third-order valence-corrected chi connectivity index (χ3v) is 16.7. The number of aliphatic carboxylic acids is 1. The van der Waals surface area contributed by atoms with Gasteiger partial charge in [0.2, 0.25) is 17.7 Å². The highest BCUT2D eigenvalue weighted by Gasteiger charge is 2.60. The van der Waals surface area contributed by atoms with E-state index in [0.29, 0.717) is 0 Å². The van der Waals surface area contributed by atoms with Crippen molar-refractivity contribution in [3.05, 3.63) is 0 Å². The number of amides is 3. The van der Waals surface area contributed by atoms with Gasteiger partial charge in [0, 0.05) is 27.2 Å². The highest BCUT2D eigenvalue weighted by molar-refractivity contribution is 5.77. The van der Waals surface area contributed by atoms with E-state index in [1.165, 1.54) is 6.92 Å². The van der Waals surface area contributed by atoms with Crippen LogP contribution in [0.4, 0.5) is 0 Å². The average molecular weight is 1350 g/mol. The maximum atomic E-state index is 13.0. The Bertz CT molecular complexity index is 2400. The molecular formula is C51H85N3O38. The largest absolute Gasteiger partial charge is 0.477 e. The molecule has 3 amide bonds. The molecule has 0 radical (unpaired) electrons. The van der Waals surface area contributed by atoms with Crippen LogP contribution in [-0.4, -0.2) is 391 Å². The molecule has 0 bridgehead atoms. The van der Waals surface area contributed by atoms with Gasteiger partial charge >= 0.3 is 5.97 Å². The zero-order valence-electron chi connectivity index (χ0n) is 49.5. The Morgan fingerprint density at radius 2 is 0.924 bits per heavy atom. The molecule has 0 spiro atoms. The van der Waals surface area contributed by atoms with E-state index in [1.54, 1.807) is 0 Å². The first-order valence-corrected chi connectivity index (χ1v) is 29.1. The van der Waals surface area contributed by atoms with E-state index >= 15 is 0 Å². The Balaban J connectivity index is 1.15. The van der Waals surface area contributed by atoms with Crippen LogP contribution in [0.15, 0.2) is 0 Å². The van der Waals surface area contributed by atoms with Crippen molar-refractivity contribution in [3.8, 4) is 0 Å². The summed E-state index contributed by atoms with van der Waals surface area (Å²) in [5, 5.41) is 235. The van der Waals surface area contributed by atoms with Crippen LogP contribution in [0.5, 0.6) is 0 Å². The minimum Gasteiger partial charge on any atom is -0.477 e. The second-order valence-corrected chi connectivity index (χ2v) is 23.3. The number of carboxylic acid groups (broad SMARTS) is 1. The summed E-state index contributed by atoms with van der Waals surface area (Å²) in [5.74, 6) is -7.74. The number of aliphatic hydroxyl groups is 20. The van der Waals surface area contributed by atoms with E-state index in [4.69, 9.17) is 61.6 Å². The molecule has 7 rings (SSSR count). The molecule has 36 atom stereocenters. The van der Waals surface area contributed by atoms with Gasteiger partial charge in [0.1, 0.15) is 159 Å². The fourth-order valence-electron chi connectivity index (χ4n) is 11.6. The van der Waals surface area contributed by atoms with Crippen LogP contribution >= 0.6 is 0 Å².